The molecule has 0 spiro atoms. The number of carbonyl (C=O) groups excluding carboxylic acids is 1. The minimum atomic E-state index is -0.410. The lowest BCUT2D eigenvalue weighted by molar-refractivity contribution is -0.169. The molecule has 2 unspecified atom stereocenters. The van der Waals surface area contributed by atoms with Gasteiger partial charge >= 0.3 is 0 Å². The van der Waals surface area contributed by atoms with Crippen LogP contribution in [0.3, 0.4) is 0 Å². The van der Waals surface area contributed by atoms with Crippen molar-refractivity contribution in [1.29, 1.82) is 0 Å². The predicted octanol–water partition coefficient (Wildman–Crippen LogP) is 0.360. The molecule has 0 aromatic rings. The molecule has 0 aromatic heterocycles. The molecule has 0 aromatic carbocycles. The number of amides is 1. The minimum Gasteiger partial charge on any atom is -0.394 e. The molecule has 1 amide bonds. The molecule has 1 saturated heterocycles. The van der Waals surface area contributed by atoms with Gasteiger partial charge in [0.05, 0.1) is 24.2 Å². The summed E-state index contributed by atoms with van der Waals surface area (Å²) >= 11 is 0. The van der Waals surface area contributed by atoms with Gasteiger partial charge in [0.2, 0.25) is 5.91 Å². The average molecular weight is 258 g/mol. The first-order chi connectivity index (χ1) is 8.43. The summed E-state index contributed by atoms with van der Waals surface area (Å²) in [5.41, 5.74) is 5.26. The van der Waals surface area contributed by atoms with Crippen LogP contribution in [0.4, 0.5) is 0 Å². The zero-order chi connectivity index (χ0) is 13.8. The number of morpholine rings is 1. The molecule has 2 atom stereocenters. The fourth-order valence-electron chi connectivity index (χ4n) is 2.51. The van der Waals surface area contributed by atoms with Gasteiger partial charge < -0.3 is 20.5 Å². The first-order valence-corrected chi connectivity index (χ1v) is 6.71. The van der Waals surface area contributed by atoms with E-state index in [-0.39, 0.29) is 24.5 Å². The van der Waals surface area contributed by atoms with Crippen molar-refractivity contribution < 1.29 is 14.6 Å². The molecule has 1 heterocycles. The van der Waals surface area contributed by atoms with Gasteiger partial charge in [0, 0.05) is 19.6 Å². The van der Waals surface area contributed by atoms with Gasteiger partial charge in [0.15, 0.2) is 0 Å². The van der Waals surface area contributed by atoms with E-state index >= 15 is 0 Å². The van der Waals surface area contributed by atoms with Crippen molar-refractivity contribution >= 4 is 5.91 Å². The van der Waals surface area contributed by atoms with Crippen LogP contribution in [0.15, 0.2) is 0 Å². The van der Waals surface area contributed by atoms with Crippen molar-refractivity contribution in [3.63, 3.8) is 0 Å². The standard InChI is InChI=1S/C13H26N2O3/c1-4-5-10(6-14)12(17)15-7-11(8-16)18-13(2,3)9-15/h10-11,16H,4-9,14H2,1-3H3. The number of nitrogens with two attached hydrogens (primary N) is 1. The highest BCUT2D eigenvalue weighted by Crippen LogP contribution is 2.23. The topological polar surface area (TPSA) is 75.8 Å². The second-order valence-corrected chi connectivity index (χ2v) is 5.62. The Morgan fingerprint density at radius 3 is 2.78 bits per heavy atom. The second-order valence-electron chi connectivity index (χ2n) is 5.62. The number of ether oxygens (including phenoxy) is 1. The second kappa shape index (κ2) is 6.50. The van der Waals surface area contributed by atoms with Crippen LogP contribution in [0.5, 0.6) is 0 Å². The lowest BCUT2D eigenvalue weighted by atomic mass is 9.99. The molecule has 3 N–H and O–H groups in total. The third-order valence-electron chi connectivity index (χ3n) is 3.27. The van der Waals surface area contributed by atoms with Crippen LogP contribution < -0.4 is 5.73 Å². The SMILES string of the molecule is CCCC(CN)C(=O)N1CC(CO)OC(C)(C)C1. The van der Waals surface area contributed by atoms with Crippen LogP contribution in [0.2, 0.25) is 0 Å². The maximum Gasteiger partial charge on any atom is 0.227 e. The number of nitrogens with zero attached hydrogens (tertiary/aromatic N) is 1. The number of aliphatic hydroxyl groups excluding tert-OH is 1. The lowest BCUT2D eigenvalue weighted by Crippen LogP contribution is -2.57. The first kappa shape index (κ1) is 15.4. The highest BCUT2D eigenvalue weighted by atomic mass is 16.5. The Balaban J connectivity index is 2.71. The van der Waals surface area contributed by atoms with E-state index in [1.807, 2.05) is 13.8 Å². The number of carbonyl (C=O) groups is 1. The molecule has 1 rings (SSSR count). The van der Waals surface area contributed by atoms with E-state index in [0.717, 1.165) is 12.8 Å². The van der Waals surface area contributed by atoms with Crippen LogP contribution in [0.1, 0.15) is 33.6 Å². The van der Waals surface area contributed by atoms with Gasteiger partial charge in [-0.15, -0.1) is 0 Å². The Bertz CT molecular complexity index is 281. The number of aliphatic hydroxyl groups is 1. The van der Waals surface area contributed by atoms with E-state index in [2.05, 4.69) is 6.92 Å². The fraction of sp³-hybridized carbons (Fsp3) is 0.923. The molecule has 5 nitrogen and oxygen atoms in total. The van der Waals surface area contributed by atoms with Crippen LogP contribution >= 0.6 is 0 Å². The van der Waals surface area contributed by atoms with Gasteiger partial charge in [-0.25, -0.2) is 0 Å². The van der Waals surface area contributed by atoms with Crippen molar-refractivity contribution in [2.45, 2.75) is 45.3 Å². The molecule has 1 aliphatic heterocycles. The maximum absolute atomic E-state index is 12.4. The third kappa shape index (κ3) is 3.93. The molecule has 0 saturated carbocycles. The van der Waals surface area contributed by atoms with E-state index in [1.165, 1.54) is 0 Å². The van der Waals surface area contributed by atoms with E-state index in [4.69, 9.17) is 10.5 Å². The molecular formula is C13H26N2O3. The van der Waals surface area contributed by atoms with Gasteiger partial charge in [-0.2, -0.15) is 0 Å². The van der Waals surface area contributed by atoms with Crippen molar-refractivity contribution in [2.75, 3.05) is 26.2 Å². The maximum atomic E-state index is 12.4. The summed E-state index contributed by atoms with van der Waals surface area (Å²) in [4.78, 5) is 14.2. The summed E-state index contributed by atoms with van der Waals surface area (Å²) in [6.45, 7) is 7.26. The Labute approximate surface area is 109 Å². The monoisotopic (exact) mass is 258 g/mol. The van der Waals surface area contributed by atoms with Crippen LogP contribution in [0.25, 0.3) is 0 Å². The highest BCUT2D eigenvalue weighted by Gasteiger charge is 2.36. The summed E-state index contributed by atoms with van der Waals surface area (Å²) in [7, 11) is 0. The summed E-state index contributed by atoms with van der Waals surface area (Å²) < 4.78 is 5.70. The molecule has 1 aliphatic rings. The molecule has 0 aliphatic carbocycles. The number of hydrogen-bond donors (Lipinski definition) is 2. The summed E-state index contributed by atoms with van der Waals surface area (Å²) in [6.07, 6.45) is 1.47. The summed E-state index contributed by atoms with van der Waals surface area (Å²) in [5, 5.41) is 9.23. The quantitative estimate of drug-likeness (QED) is 0.746. The molecule has 5 heteroatoms. The average Bonchev–Trinajstić information content (AvgIpc) is 2.33. The van der Waals surface area contributed by atoms with Crippen LogP contribution in [0, 0.1) is 5.92 Å². The zero-order valence-electron chi connectivity index (χ0n) is 11.7. The molecule has 0 radical (unpaired) electrons. The molecule has 0 bridgehead atoms. The summed E-state index contributed by atoms with van der Waals surface area (Å²) in [5.74, 6) is -0.0163. The predicted molar refractivity (Wildman–Crippen MR) is 70.1 cm³/mol. The normalized spacial score (nSPS) is 24.9. The molecule has 18 heavy (non-hydrogen) atoms. The number of hydrogen-bond acceptors (Lipinski definition) is 4. The van der Waals surface area contributed by atoms with E-state index in [9.17, 15) is 9.90 Å². The highest BCUT2D eigenvalue weighted by molar-refractivity contribution is 5.79. The van der Waals surface area contributed by atoms with E-state index < -0.39 is 5.60 Å². The Kier molecular flexibility index (Phi) is 5.56. The fourth-order valence-corrected chi connectivity index (χ4v) is 2.51. The van der Waals surface area contributed by atoms with Gasteiger partial charge in [-0.3, -0.25) is 4.79 Å². The first-order valence-electron chi connectivity index (χ1n) is 6.71. The molecular weight excluding hydrogens is 232 g/mol. The van der Waals surface area contributed by atoms with Crippen molar-refractivity contribution in [3.8, 4) is 0 Å². The minimum absolute atomic E-state index is 0.0612. The summed E-state index contributed by atoms with van der Waals surface area (Å²) in [6, 6.07) is 0. The smallest absolute Gasteiger partial charge is 0.227 e. The Hall–Kier alpha value is -0.650. The van der Waals surface area contributed by atoms with E-state index in [0.29, 0.717) is 19.6 Å². The van der Waals surface area contributed by atoms with Gasteiger partial charge in [0.1, 0.15) is 0 Å². The molecule has 106 valence electrons. The van der Waals surface area contributed by atoms with E-state index in [1.54, 1.807) is 4.90 Å². The Morgan fingerprint density at radius 2 is 2.28 bits per heavy atom. The van der Waals surface area contributed by atoms with Gasteiger partial charge in [-0.1, -0.05) is 13.3 Å². The van der Waals surface area contributed by atoms with Crippen LogP contribution in [-0.4, -0.2) is 53.9 Å². The molecule has 1 fully saturated rings. The Morgan fingerprint density at radius 1 is 1.61 bits per heavy atom. The van der Waals surface area contributed by atoms with Gasteiger partial charge in [-0.05, 0) is 20.3 Å². The van der Waals surface area contributed by atoms with Crippen molar-refractivity contribution in [1.82, 2.24) is 4.90 Å². The zero-order valence-corrected chi connectivity index (χ0v) is 11.7. The third-order valence-corrected chi connectivity index (χ3v) is 3.27. The van der Waals surface area contributed by atoms with Crippen molar-refractivity contribution in [3.05, 3.63) is 0 Å². The van der Waals surface area contributed by atoms with Crippen molar-refractivity contribution in [2.24, 2.45) is 11.7 Å². The number of rotatable bonds is 5. The van der Waals surface area contributed by atoms with Crippen LogP contribution in [-0.2, 0) is 9.53 Å². The lowest BCUT2D eigenvalue weighted by Gasteiger charge is -2.43. The largest absolute Gasteiger partial charge is 0.394 e. The van der Waals surface area contributed by atoms with Gasteiger partial charge in [0.25, 0.3) is 0 Å².